The highest BCUT2D eigenvalue weighted by Crippen LogP contribution is 2.12. The zero-order valence-electron chi connectivity index (χ0n) is 5.38. The molecule has 3 heteroatoms. The normalized spacial score (nSPS) is 8.50. The number of nitrogen functional groups attached to an aromatic ring is 1. The van der Waals surface area contributed by atoms with Crippen molar-refractivity contribution in [2.24, 2.45) is 0 Å². The summed E-state index contributed by atoms with van der Waals surface area (Å²) in [6.07, 6.45) is 0. The van der Waals surface area contributed by atoms with Crippen molar-refractivity contribution in [3.63, 3.8) is 0 Å². The van der Waals surface area contributed by atoms with Crippen LogP contribution in [0.4, 0.5) is 5.69 Å². The van der Waals surface area contributed by atoms with Crippen molar-refractivity contribution in [2.45, 2.75) is 5.33 Å². The van der Waals surface area contributed by atoms with Crippen LogP contribution in [0.15, 0.2) is 24.3 Å². The van der Waals surface area contributed by atoms with Gasteiger partial charge in [-0.1, -0.05) is 34.1 Å². The third-order valence-electron chi connectivity index (χ3n) is 1.20. The van der Waals surface area contributed by atoms with Gasteiger partial charge in [-0.2, -0.15) is 0 Å². The van der Waals surface area contributed by atoms with Crippen LogP contribution in [0.5, 0.6) is 0 Å². The van der Waals surface area contributed by atoms with Crippen molar-refractivity contribution < 1.29 is 0 Å². The van der Waals surface area contributed by atoms with Crippen molar-refractivity contribution in [3.8, 4) is 0 Å². The van der Waals surface area contributed by atoms with Crippen LogP contribution in [0, 0.1) is 0 Å². The maximum atomic E-state index is 5.60. The van der Waals surface area contributed by atoms with E-state index in [1.54, 1.807) is 0 Å². The number of benzene rings is 1. The van der Waals surface area contributed by atoms with Gasteiger partial charge >= 0.3 is 0 Å². The van der Waals surface area contributed by atoms with Crippen LogP contribution in [0.25, 0.3) is 0 Å². The molecule has 1 nitrogen and oxygen atoms in total. The van der Waals surface area contributed by atoms with E-state index in [0.717, 1.165) is 16.6 Å². The molecule has 0 saturated carbocycles. The van der Waals surface area contributed by atoms with Crippen LogP contribution in [0.1, 0.15) is 5.56 Å². The van der Waals surface area contributed by atoms with Gasteiger partial charge in [0.15, 0.2) is 0 Å². The third kappa shape index (κ3) is 2.31. The van der Waals surface area contributed by atoms with Gasteiger partial charge in [-0.15, -0.1) is 17.0 Å². The molecule has 0 amide bonds. The molecule has 0 unspecified atom stereocenters. The third-order valence-corrected chi connectivity index (χ3v) is 1.80. The summed E-state index contributed by atoms with van der Waals surface area (Å²) in [5.41, 5.74) is 7.61. The smallest absolute Gasteiger partial charge is 0.0355 e. The van der Waals surface area contributed by atoms with Crippen molar-refractivity contribution in [1.29, 1.82) is 0 Å². The maximum Gasteiger partial charge on any atom is 0.0355 e. The van der Waals surface area contributed by atoms with E-state index in [0.29, 0.717) is 0 Å². The summed E-state index contributed by atoms with van der Waals surface area (Å²) in [4.78, 5) is 0. The van der Waals surface area contributed by atoms with Gasteiger partial charge in [-0.3, -0.25) is 0 Å². The number of rotatable bonds is 1. The average molecular weight is 267 g/mol. The molecule has 1 aromatic rings. The van der Waals surface area contributed by atoms with Gasteiger partial charge in [0.25, 0.3) is 0 Å². The minimum atomic E-state index is 0. The zero-order chi connectivity index (χ0) is 6.69. The minimum Gasteiger partial charge on any atom is -0.398 e. The van der Waals surface area contributed by atoms with Gasteiger partial charge in [0, 0.05) is 11.0 Å². The Bertz CT molecular complexity index is 201. The standard InChI is InChI=1S/C7H8BrN.BrH/c8-5-6-3-1-2-4-7(6)9;/h1-4H,5,9H2;1H. The molecule has 0 aromatic heterocycles. The minimum absolute atomic E-state index is 0. The Morgan fingerprint density at radius 1 is 1.30 bits per heavy atom. The average Bonchev–Trinajstić information content (AvgIpc) is 1.89. The van der Waals surface area contributed by atoms with Crippen molar-refractivity contribution in [1.82, 2.24) is 0 Å². The molecule has 0 aliphatic carbocycles. The molecule has 2 N–H and O–H groups in total. The Labute approximate surface area is 79.5 Å². The second-order valence-electron chi connectivity index (χ2n) is 1.83. The molecule has 0 saturated heterocycles. The lowest BCUT2D eigenvalue weighted by molar-refractivity contribution is 1.44. The highest BCUT2D eigenvalue weighted by Gasteiger charge is 1.91. The summed E-state index contributed by atoms with van der Waals surface area (Å²) in [5, 5.41) is 0.833. The Kier molecular flexibility index (Phi) is 4.73. The van der Waals surface area contributed by atoms with Crippen LogP contribution in [0.2, 0.25) is 0 Å². The lowest BCUT2D eigenvalue weighted by Crippen LogP contribution is -1.89. The number of alkyl halides is 1. The monoisotopic (exact) mass is 265 g/mol. The Hall–Kier alpha value is -0.0200. The first-order valence-corrected chi connectivity index (χ1v) is 3.86. The SMILES string of the molecule is Br.Nc1ccccc1CBr. The summed E-state index contributed by atoms with van der Waals surface area (Å²) < 4.78 is 0. The lowest BCUT2D eigenvalue weighted by atomic mass is 10.2. The van der Waals surface area contributed by atoms with E-state index < -0.39 is 0 Å². The van der Waals surface area contributed by atoms with E-state index in [-0.39, 0.29) is 17.0 Å². The molecule has 0 radical (unpaired) electrons. The van der Waals surface area contributed by atoms with Gasteiger partial charge in [-0.25, -0.2) is 0 Å². The molecule has 0 fully saturated rings. The molecule has 0 spiro atoms. The molecular formula is C7H9Br2N. The fourth-order valence-corrected chi connectivity index (χ4v) is 1.17. The zero-order valence-corrected chi connectivity index (χ0v) is 8.68. The van der Waals surface area contributed by atoms with Gasteiger partial charge in [0.05, 0.1) is 0 Å². The van der Waals surface area contributed by atoms with Crippen LogP contribution in [0.3, 0.4) is 0 Å². The van der Waals surface area contributed by atoms with Crippen LogP contribution >= 0.6 is 32.9 Å². The fraction of sp³-hybridized carbons (Fsp3) is 0.143. The molecule has 0 aliphatic rings. The lowest BCUT2D eigenvalue weighted by Gasteiger charge is -1.97. The number of hydrogen-bond donors (Lipinski definition) is 1. The number of halogens is 2. The van der Waals surface area contributed by atoms with Gasteiger partial charge < -0.3 is 5.73 Å². The first-order chi connectivity index (χ1) is 4.34. The van der Waals surface area contributed by atoms with E-state index in [1.807, 2.05) is 24.3 Å². The molecule has 0 atom stereocenters. The van der Waals surface area contributed by atoms with Gasteiger partial charge in [0.1, 0.15) is 0 Å². The van der Waals surface area contributed by atoms with Gasteiger partial charge in [0.2, 0.25) is 0 Å². The van der Waals surface area contributed by atoms with Crippen LogP contribution in [-0.4, -0.2) is 0 Å². The van der Waals surface area contributed by atoms with E-state index in [9.17, 15) is 0 Å². The Morgan fingerprint density at radius 3 is 2.30 bits per heavy atom. The summed E-state index contributed by atoms with van der Waals surface area (Å²) in [7, 11) is 0. The Balaban J connectivity index is 0.000000810. The van der Waals surface area contributed by atoms with Crippen molar-refractivity contribution in [2.75, 3.05) is 5.73 Å². The first-order valence-electron chi connectivity index (χ1n) is 2.74. The van der Waals surface area contributed by atoms with Crippen molar-refractivity contribution >= 4 is 38.6 Å². The predicted octanol–water partition coefficient (Wildman–Crippen LogP) is 2.74. The van der Waals surface area contributed by atoms with Crippen LogP contribution in [-0.2, 0) is 5.33 Å². The number of nitrogens with two attached hydrogens (primary N) is 1. The second-order valence-corrected chi connectivity index (χ2v) is 2.39. The fourth-order valence-electron chi connectivity index (χ4n) is 0.656. The van der Waals surface area contributed by atoms with Crippen molar-refractivity contribution in [3.05, 3.63) is 29.8 Å². The summed E-state index contributed by atoms with van der Waals surface area (Å²) in [6.45, 7) is 0. The Morgan fingerprint density at radius 2 is 1.90 bits per heavy atom. The topological polar surface area (TPSA) is 26.0 Å². The first kappa shape index (κ1) is 9.98. The summed E-state index contributed by atoms with van der Waals surface area (Å²) >= 11 is 3.33. The molecule has 10 heavy (non-hydrogen) atoms. The van der Waals surface area contributed by atoms with E-state index >= 15 is 0 Å². The molecule has 0 aliphatic heterocycles. The molecular weight excluding hydrogens is 258 g/mol. The van der Waals surface area contributed by atoms with E-state index in [4.69, 9.17) is 5.73 Å². The van der Waals surface area contributed by atoms with E-state index in [2.05, 4.69) is 15.9 Å². The highest BCUT2D eigenvalue weighted by atomic mass is 79.9. The largest absolute Gasteiger partial charge is 0.398 e. The second kappa shape index (κ2) is 4.74. The number of hydrogen-bond acceptors (Lipinski definition) is 1. The summed E-state index contributed by atoms with van der Waals surface area (Å²) in [5.74, 6) is 0. The molecule has 0 heterocycles. The van der Waals surface area contributed by atoms with Gasteiger partial charge in [-0.05, 0) is 11.6 Å². The quantitative estimate of drug-likeness (QED) is 0.614. The predicted molar refractivity (Wildman–Crippen MR) is 53.8 cm³/mol. The van der Waals surface area contributed by atoms with Crippen LogP contribution < -0.4 is 5.73 Å². The van der Waals surface area contributed by atoms with E-state index in [1.165, 1.54) is 0 Å². The molecule has 56 valence electrons. The molecule has 1 aromatic carbocycles. The number of para-hydroxylation sites is 1. The summed E-state index contributed by atoms with van der Waals surface area (Å²) in [6, 6.07) is 7.81. The highest BCUT2D eigenvalue weighted by molar-refractivity contribution is 9.08. The maximum absolute atomic E-state index is 5.60. The molecule has 0 bridgehead atoms. The molecule has 1 rings (SSSR count). The number of anilines is 1.